The molecule has 2 rings (SSSR count). The standard InChI is InChI=1S/C14H19NO4S/c1-9-5-10(2)7-15(6-9)12(16)8-19-11-3-4-20-13(11)14(17)18/h3-4,9-10H,5-8H2,1-2H3,(H,17,18). The first-order valence-corrected chi connectivity index (χ1v) is 7.56. The molecule has 0 aromatic carbocycles. The average Bonchev–Trinajstić information content (AvgIpc) is 2.83. The van der Waals surface area contributed by atoms with Crippen LogP contribution < -0.4 is 4.74 Å². The second-order valence-corrected chi connectivity index (χ2v) is 6.37. The highest BCUT2D eigenvalue weighted by Crippen LogP contribution is 2.25. The Balaban J connectivity index is 1.91. The number of nitrogens with zero attached hydrogens (tertiary/aromatic N) is 1. The van der Waals surface area contributed by atoms with Crippen molar-refractivity contribution in [2.75, 3.05) is 19.7 Å². The van der Waals surface area contributed by atoms with E-state index in [2.05, 4.69) is 13.8 Å². The number of hydrogen-bond donors (Lipinski definition) is 1. The van der Waals surface area contributed by atoms with Gasteiger partial charge in [-0.2, -0.15) is 0 Å². The predicted molar refractivity (Wildman–Crippen MR) is 76.3 cm³/mol. The van der Waals surface area contributed by atoms with Gasteiger partial charge in [-0.05, 0) is 29.7 Å². The highest BCUT2D eigenvalue weighted by molar-refractivity contribution is 7.12. The van der Waals surface area contributed by atoms with Crippen molar-refractivity contribution in [3.05, 3.63) is 16.3 Å². The summed E-state index contributed by atoms with van der Waals surface area (Å²) in [7, 11) is 0. The molecule has 6 heteroatoms. The normalized spacial score (nSPS) is 22.6. The summed E-state index contributed by atoms with van der Waals surface area (Å²) in [4.78, 5) is 25.0. The molecule has 0 bridgehead atoms. The first kappa shape index (κ1) is 14.8. The van der Waals surface area contributed by atoms with E-state index < -0.39 is 5.97 Å². The van der Waals surface area contributed by atoms with Gasteiger partial charge < -0.3 is 14.7 Å². The van der Waals surface area contributed by atoms with Crippen LogP contribution in [0.15, 0.2) is 11.4 Å². The summed E-state index contributed by atoms with van der Waals surface area (Å²) < 4.78 is 5.36. The van der Waals surface area contributed by atoms with E-state index in [1.54, 1.807) is 11.4 Å². The molecule has 1 fully saturated rings. The van der Waals surface area contributed by atoms with Crippen LogP contribution in [0.2, 0.25) is 0 Å². The van der Waals surface area contributed by atoms with Crippen molar-refractivity contribution in [3.63, 3.8) is 0 Å². The van der Waals surface area contributed by atoms with E-state index in [4.69, 9.17) is 9.84 Å². The molecule has 1 amide bonds. The molecule has 5 nitrogen and oxygen atoms in total. The summed E-state index contributed by atoms with van der Waals surface area (Å²) in [6, 6.07) is 1.59. The molecule has 2 unspecified atom stereocenters. The van der Waals surface area contributed by atoms with Gasteiger partial charge in [-0.25, -0.2) is 4.79 Å². The lowest BCUT2D eigenvalue weighted by molar-refractivity contribution is -0.136. The number of carbonyl (C=O) groups is 2. The zero-order chi connectivity index (χ0) is 14.7. The van der Waals surface area contributed by atoms with E-state index in [1.165, 1.54) is 0 Å². The Morgan fingerprint density at radius 3 is 2.65 bits per heavy atom. The van der Waals surface area contributed by atoms with Crippen LogP contribution in [-0.2, 0) is 4.79 Å². The average molecular weight is 297 g/mol. The third-order valence-corrected chi connectivity index (χ3v) is 4.28. The number of hydrogen-bond acceptors (Lipinski definition) is 4. The van der Waals surface area contributed by atoms with Gasteiger partial charge in [0.15, 0.2) is 11.5 Å². The maximum Gasteiger partial charge on any atom is 0.349 e. The molecule has 0 radical (unpaired) electrons. The Hall–Kier alpha value is -1.56. The lowest BCUT2D eigenvalue weighted by atomic mass is 9.92. The summed E-state index contributed by atoms with van der Waals surface area (Å²) in [5.74, 6) is 0.166. The Morgan fingerprint density at radius 1 is 1.40 bits per heavy atom. The maximum absolute atomic E-state index is 12.1. The number of ether oxygens (including phenoxy) is 1. The van der Waals surface area contributed by atoms with E-state index in [9.17, 15) is 9.59 Å². The van der Waals surface area contributed by atoms with Crippen LogP contribution in [0, 0.1) is 11.8 Å². The smallest absolute Gasteiger partial charge is 0.349 e. The first-order chi connectivity index (χ1) is 9.47. The van der Waals surface area contributed by atoms with Crippen LogP contribution >= 0.6 is 11.3 Å². The van der Waals surface area contributed by atoms with Crippen LogP contribution in [-0.4, -0.2) is 41.6 Å². The summed E-state index contributed by atoms with van der Waals surface area (Å²) >= 11 is 1.10. The summed E-state index contributed by atoms with van der Waals surface area (Å²) in [6.07, 6.45) is 1.14. The number of piperidine rings is 1. The molecule has 1 aromatic heterocycles. The fourth-order valence-electron chi connectivity index (χ4n) is 2.66. The second kappa shape index (κ2) is 6.26. The summed E-state index contributed by atoms with van der Waals surface area (Å²) in [5.41, 5.74) is 0. The van der Waals surface area contributed by atoms with Gasteiger partial charge in [0, 0.05) is 13.1 Å². The van der Waals surface area contributed by atoms with Gasteiger partial charge in [0.25, 0.3) is 5.91 Å². The zero-order valence-corrected chi connectivity index (χ0v) is 12.5. The van der Waals surface area contributed by atoms with Gasteiger partial charge >= 0.3 is 5.97 Å². The van der Waals surface area contributed by atoms with E-state index in [0.717, 1.165) is 30.8 Å². The minimum Gasteiger partial charge on any atom is -0.482 e. The van der Waals surface area contributed by atoms with Crippen LogP contribution in [0.1, 0.15) is 29.9 Å². The Labute approximate surface area is 122 Å². The quantitative estimate of drug-likeness (QED) is 0.926. The second-order valence-electron chi connectivity index (χ2n) is 5.45. The molecule has 0 spiro atoms. The summed E-state index contributed by atoms with van der Waals surface area (Å²) in [5, 5.41) is 10.6. The van der Waals surface area contributed by atoms with Crippen molar-refractivity contribution in [1.29, 1.82) is 0 Å². The monoisotopic (exact) mass is 297 g/mol. The number of aromatic carboxylic acids is 1. The molecule has 0 saturated carbocycles. The van der Waals surface area contributed by atoms with Gasteiger partial charge in [0.2, 0.25) is 0 Å². The molecule has 1 aliphatic heterocycles. The van der Waals surface area contributed by atoms with Crippen LogP contribution in [0.5, 0.6) is 5.75 Å². The van der Waals surface area contributed by atoms with Crippen LogP contribution in [0.25, 0.3) is 0 Å². The zero-order valence-electron chi connectivity index (χ0n) is 11.7. The van der Waals surface area contributed by atoms with Crippen LogP contribution in [0.3, 0.4) is 0 Å². The Morgan fingerprint density at radius 2 is 2.05 bits per heavy atom. The van der Waals surface area contributed by atoms with Crippen molar-refractivity contribution >= 4 is 23.2 Å². The third kappa shape index (κ3) is 3.50. The molecule has 20 heavy (non-hydrogen) atoms. The lowest BCUT2D eigenvalue weighted by Gasteiger charge is -2.34. The van der Waals surface area contributed by atoms with E-state index in [0.29, 0.717) is 11.8 Å². The largest absolute Gasteiger partial charge is 0.482 e. The molecule has 1 aromatic rings. The number of carboxylic acids is 1. The fraction of sp³-hybridized carbons (Fsp3) is 0.571. The number of amides is 1. The van der Waals surface area contributed by atoms with Gasteiger partial charge in [-0.15, -0.1) is 11.3 Å². The van der Waals surface area contributed by atoms with Crippen molar-refractivity contribution in [2.24, 2.45) is 11.8 Å². The fourth-order valence-corrected chi connectivity index (χ4v) is 3.34. The Kier molecular flexibility index (Phi) is 4.65. The highest BCUT2D eigenvalue weighted by atomic mass is 32.1. The van der Waals surface area contributed by atoms with Crippen LogP contribution in [0.4, 0.5) is 0 Å². The lowest BCUT2D eigenvalue weighted by Crippen LogP contribution is -2.44. The molecular weight excluding hydrogens is 278 g/mol. The minimum atomic E-state index is -1.03. The maximum atomic E-state index is 12.1. The molecule has 110 valence electrons. The molecule has 1 aliphatic rings. The van der Waals surface area contributed by atoms with Crippen molar-refractivity contribution in [1.82, 2.24) is 4.90 Å². The number of rotatable bonds is 4. The van der Waals surface area contributed by atoms with Gasteiger partial charge in [-0.1, -0.05) is 13.8 Å². The van der Waals surface area contributed by atoms with Crippen molar-refractivity contribution in [2.45, 2.75) is 20.3 Å². The molecule has 0 aliphatic carbocycles. The predicted octanol–water partition coefficient (Wildman–Crippen LogP) is 2.33. The van der Waals surface area contributed by atoms with Crippen molar-refractivity contribution < 1.29 is 19.4 Å². The number of thiophene rings is 1. The minimum absolute atomic E-state index is 0.0778. The van der Waals surface area contributed by atoms with Gasteiger partial charge in [0.1, 0.15) is 5.75 Å². The Bertz CT molecular complexity index is 489. The molecular formula is C14H19NO4S. The van der Waals surface area contributed by atoms with E-state index in [-0.39, 0.29) is 23.1 Å². The van der Waals surface area contributed by atoms with Gasteiger partial charge in [-0.3, -0.25) is 4.79 Å². The third-order valence-electron chi connectivity index (χ3n) is 3.40. The number of carbonyl (C=O) groups excluding carboxylic acids is 1. The van der Waals surface area contributed by atoms with E-state index >= 15 is 0 Å². The summed E-state index contributed by atoms with van der Waals surface area (Å²) in [6.45, 7) is 5.68. The molecule has 2 atom stereocenters. The number of likely N-dealkylation sites (tertiary alicyclic amines) is 1. The number of carboxylic acid groups (broad SMARTS) is 1. The SMILES string of the molecule is CC1CC(C)CN(C(=O)COc2ccsc2C(=O)O)C1. The highest BCUT2D eigenvalue weighted by Gasteiger charge is 2.26. The first-order valence-electron chi connectivity index (χ1n) is 6.68. The topological polar surface area (TPSA) is 66.8 Å². The van der Waals surface area contributed by atoms with Crippen molar-refractivity contribution in [3.8, 4) is 5.75 Å². The van der Waals surface area contributed by atoms with Gasteiger partial charge in [0.05, 0.1) is 0 Å². The molecule has 2 heterocycles. The molecule has 1 saturated heterocycles. The van der Waals surface area contributed by atoms with E-state index in [1.807, 2.05) is 4.90 Å². The molecule has 1 N–H and O–H groups in total.